The first-order chi connectivity index (χ1) is 21.6. The lowest BCUT2D eigenvalue weighted by Gasteiger charge is -2.23. The van der Waals surface area contributed by atoms with E-state index >= 15 is 0 Å². The first-order valence-electron chi connectivity index (χ1n) is 15.7. The highest BCUT2D eigenvalue weighted by molar-refractivity contribution is 6.18. The molecular formula is C35H41N5O5. The summed E-state index contributed by atoms with van der Waals surface area (Å²) in [6.07, 6.45) is 7.42. The zero-order valence-electron chi connectivity index (χ0n) is 26.5. The van der Waals surface area contributed by atoms with Crippen molar-refractivity contribution in [1.82, 2.24) is 20.2 Å². The van der Waals surface area contributed by atoms with Crippen molar-refractivity contribution in [2.45, 2.75) is 65.8 Å². The van der Waals surface area contributed by atoms with Gasteiger partial charge in [0.05, 0.1) is 24.6 Å². The van der Waals surface area contributed by atoms with Gasteiger partial charge in [-0.3, -0.25) is 14.6 Å². The number of aliphatic hydroxyl groups excluding tert-OH is 1. The molecule has 3 unspecified atom stereocenters. The van der Waals surface area contributed by atoms with Crippen molar-refractivity contribution in [3.05, 3.63) is 73.5 Å². The molecule has 6 rings (SSSR count). The van der Waals surface area contributed by atoms with E-state index in [1.54, 1.807) is 0 Å². The minimum atomic E-state index is -0.697. The number of carbonyl (C=O) groups is 3. The third-order valence-corrected chi connectivity index (χ3v) is 9.55. The molecule has 10 nitrogen and oxygen atoms in total. The molecule has 0 spiro atoms. The number of hydrogen-bond donors (Lipinski definition) is 4. The van der Waals surface area contributed by atoms with Crippen molar-refractivity contribution in [2.75, 3.05) is 20.3 Å². The summed E-state index contributed by atoms with van der Waals surface area (Å²) in [6.45, 7) is 8.45. The van der Waals surface area contributed by atoms with Crippen molar-refractivity contribution in [1.29, 1.82) is 0 Å². The maximum atomic E-state index is 13.5. The van der Waals surface area contributed by atoms with Crippen LogP contribution in [0.2, 0.25) is 0 Å². The number of H-pyrrole nitrogens is 2. The first kappa shape index (κ1) is 30.6. The van der Waals surface area contributed by atoms with E-state index in [1.165, 1.54) is 7.11 Å². The fraction of sp³-hybridized carbons (Fsp3) is 0.429. The maximum Gasteiger partial charge on any atom is 0.416 e. The number of aliphatic imine (C=N–C) groups is 1. The number of allylic oxidation sites excluding steroid dienone is 3. The zero-order valence-corrected chi connectivity index (χ0v) is 26.5. The van der Waals surface area contributed by atoms with Gasteiger partial charge in [0.2, 0.25) is 5.91 Å². The van der Waals surface area contributed by atoms with E-state index in [9.17, 15) is 19.5 Å². The average molecular weight is 612 g/mol. The Balaban J connectivity index is 1.42. The second kappa shape index (κ2) is 12.2. The SMILES string of the molecule is COC(=O)N(CCCCO)C(=O)CCC1C2=NC(=Cc3[nH]c(cc3C)C=c3[nH]c(cc3C)=CC3NC4=C2CC(=O)C4=C3C)C1C. The highest BCUT2D eigenvalue weighted by atomic mass is 16.5. The number of ether oxygens (including phenoxy) is 1. The van der Waals surface area contributed by atoms with Crippen LogP contribution in [0.3, 0.4) is 0 Å². The van der Waals surface area contributed by atoms with Gasteiger partial charge in [0.15, 0.2) is 5.78 Å². The lowest BCUT2D eigenvalue weighted by atomic mass is 9.83. The summed E-state index contributed by atoms with van der Waals surface area (Å²) < 4.78 is 4.89. The van der Waals surface area contributed by atoms with Crippen molar-refractivity contribution < 1.29 is 24.2 Å². The third-order valence-electron chi connectivity index (χ3n) is 9.55. The van der Waals surface area contributed by atoms with Gasteiger partial charge in [-0.15, -0.1) is 0 Å². The molecule has 3 atom stereocenters. The molecule has 2 aromatic heterocycles. The largest absolute Gasteiger partial charge is 0.452 e. The van der Waals surface area contributed by atoms with E-state index in [2.05, 4.69) is 66.4 Å². The predicted molar refractivity (Wildman–Crippen MR) is 172 cm³/mol. The van der Waals surface area contributed by atoms with Gasteiger partial charge in [0.1, 0.15) is 0 Å². The van der Waals surface area contributed by atoms with E-state index in [4.69, 9.17) is 9.73 Å². The number of aliphatic hydroxyl groups is 1. The molecule has 3 aliphatic heterocycles. The van der Waals surface area contributed by atoms with Crippen LogP contribution in [0.5, 0.6) is 0 Å². The van der Waals surface area contributed by atoms with E-state index in [-0.39, 0.29) is 55.6 Å². The van der Waals surface area contributed by atoms with Crippen LogP contribution < -0.4 is 16.0 Å². The smallest absolute Gasteiger partial charge is 0.416 e. The van der Waals surface area contributed by atoms with Gasteiger partial charge in [-0.25, -0.2) is 9.69 Å². The number of aromatic nitrogens is 2. The number of unbranched alkanes of at least 4 members (excludes halogenated alkanes) is 1. The van der Waals surface area contributed by atoms with Gasteiger partial charge in [0.25, 0.3) is 0 Å². The molecule has 2 amide bonds. The van der Waals surface area contributed by atoms with E-state index in [1.807, 2.05) is 6.92 Å². The van der Waals surface area contributed by atoms with Crippen LogP contribution in [0.25, 0.3) is 18.2 Å². The topological polar surface area (TPSA) is 140 Å². The summed E-state index contributed by atoms with van der Waals surface area (Å²) >= 11 is 0. The summed E-state index contributed by atoms with van der Waals surface area (Å²) in [4.78, 5) is 52.7. The molecule has 0 saturated carbocycles. The zero-order chi connectivity index (χ0) is 32.0. The Morgan fingerprint density at radius 2 is 1.91 bits per heavy atom. The molecule has 0 fully saturated rings. The average Bonchev–Trinajstić information content (AvgIpc) is 3.78. The van der Waals surface area contributed by atoms with E-state index in [0.29, 0.717) is 19.3 Å². The molecule has 0 saturated heterocycles. The lowest BCUT2D eigenvalue weighted by molar-refractivity contribution is -0.129. The Labute approximate surface area is 262 Å². The Morgan fingerprint density at radius 1 is 1.11 bits per heavy atom. The number of methoxy groups -OCH3 is 1. The second-order valence-corrected chi connectivity index (χ2v) is 12.5. The molecular weight excluding hydrogens is 570 g/mol. The number of hydrogen-bond acceptors (Lipinski definition) is 7. The molecule has 4 N–H and O–H groups in total. The number of carbonyl (C=O) groups excluding carboxylic acids is 3. The van der Waals surface area contributed by atoms with Crippen LogP contribution in [0.4, 0.5) is 4.79 Å². The van der Waals surface area contributed by atoms with Gasteiger partial charge in [-0.2, -0.15) is 0 Å². The number of rotatable bonds is 7. The highest BCUT2D eigenvalue weighted by Gasteiger charge is 2.43. The first-order valence-corrected chi connectivity index (χ1v) is 15.7. The van der Waals surface area contributed by atoms with Gasteiger partial charge in [-0.05, 0) is 87.1 Å². The number of amides is 2. The van der Waals surface area contributed by atoms with E-state index < -0.39 is 6.09 Å². The minimum Gasteiger partial charge on any atom is -0.452 e. The normalized spacial score (nSPS) is 21.7. The number of ketones is 1. The Morgan fingerprint density at radius 3 is 2.67 bits per heavy atom. The second-order valence-electron chi connectivity index (χ2n) is 12.5. The Bertz CT molecular complexity index is 1830. The maximum absolute atomic E-state index is 13.5. The van der Waals surface area contributed by atoms with Gasteiger partial charge in [-0.1, -0.05) is 6.92 Å². The molecule has 0 radical (unpaired) electrons. The summed E-state index contributed by atoms with van der Waals surface area (Å²) in [7, 11) is 1.26. The Hall–Kier alpha value is -4.44. The van der Waals surface area contributed by atoms with Gasteiger partial charge >= 0.3 is 6.09 Å². The summed E-state index contributed by atoms with van der Waals surface area (Å²) in [5.74, 6) is -0.421. The number of aryl methyl sites for hydroxylation is 2. The van der Waals surface area contributed by atoms with Gasteiger partial charge in [0, 0.05) is 76.8 Å². The Kier molecular flexibility index (Phi) is 8.26. The molecule has 2 aromatic rings. The van der Waals surface area contributed by atoms with Crippen LogP contribution in [-0.4, -0.2) is 69.8 Å². The molecule has 5 heterocycles. The van der Waals surface area contributed by atoms with Crippen molar-refractivity contribution in [2.24, 2.45) is 16.8 Å². The number of imide groups is 1. The fourth-order valence-corrected chi connectivity index (χ4v) is 6.99. The number of Topliss-reactive ketones (excluding diaryl/α,β-unsaturated/α-hetero) is 1. The molecule has 0 aromatic carbocycles. The molecule has 4 aliphatic rings. The van der Waals surface area contributed by atoms with Crippen LogP contribution in [-0.2, 0) is 14.3 Å². The number of nitrogens with zero attached hydrogens (tertiary/aromatic N) is 2. The van der Waals surface area contributed by atoms with Crippen LogP contribution in [0.1, 0.15) is 68.5 Å². The molecule has 1 aliphatic carbocycles. The lowest BCUT2D eigenvalue weighted by Crippen LogP contribution is -2.38. The van der Waals surface area contributed by atoms with Gasteiger partial charge < -0.3 is 25.1 Å². The minimum absolute atomic E-state index is 0.0120. The number of nitrogens with one attached hydrogen (secondary N) is 3. The summed E-state index contributed by atoms with van der Waals surface area (Å²) in [5.41, 5.74) is 9.32. The predicted octanol–water partition coefficient (Wildman–Crippen LogP) is 3.29. The summed E-state index contributed by atoms with van der Waals surface area (Å²) in [5, 5.41) is 14.8. The van der Waals surface area contributed by atoms with Crippen molar-refractivity contribution in [3.63, 3.8) is 0 Å². The molecule has 45 heavy (non-hydrogen) atoms. The monoisotopic (exact) mass is 611 g/mol. The third kappa shape index (κ3) is 5.63. The van der Waals surface area contributed by atoms with Crippen LogP contribution in [0.15, 0.2) is 45.2 Å². The van der Waals surface area contributed by atoms with E-state index in [0.717, 1.165) is 71.9 Å². The van der Waals surface area contributed by atoms with Crippen LogP contribution in [0, 0.1) is 25.7 Å². The molecule has 8 bridgehead atoms. The quantitative estimate of drug-likeness (QED) is 0.355. The number of fused-ring (bicyclic) bond motifs is 7. The number of aromatic amines is 2. The summed E-state index contributed by atoms with van der Waals surface area (Å²) in [6, 6.07) is 4.10. The van der Waals surface area contributed by atoms with Crippen LogP contribution >= 0.6 is 0 Å². The van der Waals surface area contributed by atoms with Crippen molar-refractivity contribution >= 4 is 41.7 Å². The molecule has 10 heteroatoms. The van der Waals surface area contributed by atoms with Crippen molar-refractivity contribution in [3.8, 4) is 0 Å². The fourth-order valence-electron chi connectivity index (χ4n) is 6.99. The molecule has 236 valence electrons. The highest BCUT2D eigenvalue weighted by Crippen LogP contribution is 2.44. The standard InChI is InChI=1S/C35H41N5O5/c1-18-12-23-15-28-21(4)32-30(42)16-25(34(32)39-28)33-24(8-9-31(43)40(35(44)45-5)10-6-7-11-41)20(3)29(38-33)17-27-19(2)13-22(37-27)14-26(18)36-23/h12-15,17,20,24,28,36-37,39,41H,6-11,16H2,1-5H3.